The normalized spacial score (nSPS) is 21.5. The summed E-state index contributed by atoms with van der Waals surface area (Å²) in [5, 5.41) is 14.6. The average Bonchev–Trinajstić information content (AvgIpc) is 2.70. The third kappa shape index (κ3) is 3.53. The highest BCUT2D eigenvalue weighted by molar-refractivity contribution is 5.11. The summed E-state index contributed by atoms with van der Waals surface area (Å²) in [7, 11) is 1.86. The molecule has 0 amide bonds. The molecule has 1 N–H and O–H groups in total. The molecule has 1 heterocycles. The number of rotatable bonds is 4. The molecule has 0 saturated heterocycles. The van der Waals surface area contributed by atoms with Crippen LogP contribution in [0.5, 0.6) is 0 Å². The number of alkyl halides is 2. The Morgan fingerprint density at radius 3 is 2.63 bits per heavy atom. The van der Waals surface area contributed by atoms with E-state index in [9.17, 15) is 13.9 Å². The molecular weight excluding hydrogens is 250 g/mol. The van der Waals surface area contributed by atoms with Crippen molar-refractivity contribution in [2.45, 2.75) is 57.5 Å². The van der Waals surface area contributed by atoms with E-state index in [1.54, 1.807) is 4.68 Å². The number of aliphatic hydroxyl groups excluding tert-OH is 1. The SMILES string of the molecule is CCc1cc(CC(O)C2CCC(F)(F)CC2)n(C)n1. The van der Waals surface area contributed by atoms with Gasteiger partial charge in [-0.05, 0) is 31.2 Å². The van der Waals surface area contributed by atoms with E-state index in [2.05, 4.69) is 5.10 Å². The Morgan fingerprint density at radius 2 is 2.11 bits per heavy atom. The van der Waals surface area contributed by atoms with E-state index in [-0.39, 0.29) is 18.8 Å². The maximum Gasteiger partial charge on any atom is 0.248 e. The van der Waals surface area contributed by atoms with Gasteiger partial charge in [0.2, 0.25) is 5.92 Å². The fraction of sp³-hybridized carbons (Fsp3) is 0.786. The first kappa shape index (κ1) is 14.4. The second-order valence-corrected chi connectivity index (χ2v) is 5.57. The molecule has 1 aliphatic rings. The van der Waals surface area contributed by atoms with Gasteiger partial charge in [-0.1, -0.05) is 6.92 Å². The van der Waals surface area contributed by atoms with E-state index >= 15 is 0 Å². The molecule has 0 aromatic carbocycles. The summed E-state index contributed by atoms with van der Waals surface area (Å²) < 4.78 is 27.9. The summed E-state index contributed by atoms with van der Waals surface area (Å²) in [6, 6.07) is 1.99. The van der Waals surface area contributed by atoms with Gasteiger partial charge in [0, 0.05) is 32.0 Å². The van der Waals surface area contributed by atoms with Gasteiger partial charge in [-0.3, -0.25) is 4.68 Å². The van der Waals surface area contributed by atoms with Crippen LogP contribution in [0.15, 0.2) is 6.07 Å². The number of aliphatic hydroxyl groups is 1. The minimum Gasteiger partial charge on any atom is -0.392 e. The van der Waals surface area contributed by atoms with Gasteiger partial charge >= 0.3 is 0 Å². The van der Waals surface area contributed by atoms with Crippen molar-refractivity contribution in [2.75, 3.05) is 0 Å². The predicted octanol–water partition coefficient (Wildman–Crippen LogP) is 2.71. The van der Waals surface area contributed by atoms with Gasteiger partial charge in [0.1, 0.15) is 0 Å². The zero-order valence-electron chi connectivity index (χ0n) is 11.6. The van der Waals surface area contributed by atoms with Crippen molar-refractivity contribution in [1.29, 1.82) is 0 Å². The highest BCUT2D eigenvalue weighted by atomic mass is 19.3. The Bertz CT molecular complexity index is 421. The maximum absolute atomic E-state index is 13.1. The minimum absolute atomic E-state index is 0.0143. The Labute approximate surface area is 112 Å². The lowest BCUT2D eigenvalue weighted by Gasteiger charge is -2.31. The van der Waals surface area contributed by atoms with Gasteiger partial charge in [0.25, 0.3) is 0 Å². The van der Waals surface area contributed by atoms with Crippen LogP contribution >= 0.6 is 0 Å². The quantitative estimate of drug-likeness (QED) is 0.915. The zero-order valence-corrected chi connectivity index (χ0v) is 11.6. The minimum atomic E-state index is -2.53. The fourth-order valence-electron chi connectivity index (χ4n) is 2.76. The van der Waals surface area contributed by atoms with Crippen molar-refractivity contribution >= 4 is 0 Å². The van der Waals surface area contributed by atoms with Crippen LogP contribution in [-0.4, -0.2) is 26.9 Å². The molecule has 1 aliphatic carbocycles. The van der Waals surface area contributed by atoms with E-state index in [1.165, 1.54) is 0 Å². The number of aryl methyl sites for hydroxylation is 2. The molecule has 1 fully saturated rings. The lowest BCUT2D eigenvalue weighted by Crippen LogP contribution is -2.32. The second-order valence-electron chi connectivity index (χ2n) is 5.57. The van der Waals surface area contributed by atoms with E-state index in [1.807, 2.05) is 20.0 Å². The van der Waals surface area contributed by atoms with E-state index < -0.39 is 12.0 Å². The van der Waals surface area contributed by atoms with Crippen LogP contribution in [0.25, 0.3) is 0 Å². The smallest absolute Gasteiger partial charge is 0.248 e. The molecular formula is C14H22F2N2O. The third-order valence-corrected chi connectivity index (χ3v) is 4.11. The van der Waals surface area contributed by atoms with Crippen molar-refractivity contribution in [3.05, 3.63) is 17.5 Å². The molecule has 0 aliphatic heterocycles. The van der Waals surface area contributed by atoms with Crippen LogP contribution in [0.1, 0.15) is 44.0 Å². The highest BCUT2D eigenvalue weighted by Gasteiger charge is 2.37. The molecule has 1 unspecified atom stereocenters. The summed E-state index contributed by atoms with van der Waals surface area (Å²) in [5.41, 5.74) is 1.97. The van der Waals surface area contributed by atoms with E-state index in [0.29, 0.717) is 19.3 Å². The summed E-state index contributed by atoms with van der Waals surface area (Å²) in [6.45, 7) is 2.03. The van der Waals surface area contributed by atoms with Crippen LogP contribution in [0.3, 0.4) is 0 Å². The topological polar surface area (TPSA) is 38.0 Å². The van der Waals surface area contributed by atoms with Crippen molar-refractivity contribution in [2.24, 2.45) is 13.0 Å². The molecule has 108 valence electrons. The van der Waals surface area contributed by atoms with Crippen LogP contribution in [0.4, 0.5) is 8.78 Å². The molecule has 1 atom stereocenters. The lowest BCUT2D eigenvalue weighted by atomic mass is 9.82. The third-order valence-electron chi connectivity index (χ3n) is 4.11. The van der Waals surface area contributed by atoms with Crippen LogP contribution in [-0.2, 0) is 19.9 Å². The summed E-state index contributed by atoms with van der Waals surface area (Å²) in [5.74, 6) is -2.54. The summed E-state index contributed by atoms with van der Waals surface area (Å²) in [4.78, 5) is 0. The van der Waals surface area contributed by atoms with Crippen molar-refractivity contribution < 1.29 is 13.9 Å². The van der Waals surface area contributed by atoms with Gasteiger partial charge in [0.05, 0.1) is 11.8 Å². The molecule has 2 rings (SSSR count). The van der Waals surface area contributed by atoms with Gasteiger partial charge in [0.15, 0.2) is 0 Å². The first-order valence-corrected chi connectivity index (χ1v) is 6.99. The number of hydrogen-bond donors (Lipinski definition) is 1. The summed E-state index contributed by atoms with van der Waals surface area (Å²) in [6.07, 6.45) is 1.44. The number of halogens is 2. The Hall–Kier alpha value is -0.970. The predicted molar refractivity (Wildman–Crippen MR) is 69.2 cm³/mol. The van der Waals surface area contributed by atoms with Crippen molar-refractivity contribution in [3.63, 3.8) is 0 Å². The van der Waals surface area contributed by atoms with Gasteiger partial charge in [-0.2, -0.15) is 5.10 Å². The fourth-order valence-corrected chi connectivity index (χ4v) is 2.76. The number of nitrogens with zero attached hydrogens (tertiary/aromatic N) is 2. The molecule has 0 radical (unpaired) electrons. The van der Waals surface area contributed by atoms with Gasteiger partial charge in [-0.25, -0.2) is 8.78 Å². The first-order valence-electron chi connectivity index (χ1n) is 6.99. The standard InChI is InChI=1S/C14H22F2N2O/c1-3-11-8-12(18(2)17-11)9-13(19)10-4-6-14(15,16)7-5-10/h8,10,13,19H,3-7,9H2,1-2H3. The van der Waals surface area contributed by atoms with Crippen LogP contribution < -0.4 is 0 Å². The second kappa shape index (κ2) is 5.57. The number of hydrogen-bond acceptors (Lipinski definition) is 2. The number of aromatic nitrogens is 2. The molecule has 19 heavy (non-hydrogen) atoms. The van der Waals surface area contributed by atoms with Gasteiger partial charge in [-0.15, -0.1) is 0 Å². The highest BCUT2D eigenvalue weighted by Crippen LogP contribution is 2.37. The lowest BCUT2D eigenvalue weighted by molar-refractivity contribution is -0.0621. The summed E-state index contributed by atoms with van der Waals surface area (Å²) >= 11 is 0. The van der Waals surface area contributed by atoms with Crippen LogP contribution in [0.2, 0.25) is 0 Å². The first-order chi connectivity index (χ1) is 8.91. The molecule has 5 heteroatoms. The zero-order chi connectivity index (χ0) is 14.0. The molecule has 0 bridgehead atoms. The average molecular weight is 272 g/mol. The van der Waals surface area contributed by atoms with Crippen LogP contribution in [0, 0.1) is 5.92 Å². The largest absolute Gasteiger partial charge is 0.392 e. The Morgan fingerprint density at radius 1 is 1.47 bits per heavy atom. The molecule has 0 spiro atoms. The maximum atomic E-state index is 13.1. The monoisotopic (exact) mass is 272 g/mol. The Kier molecular flexibility index (Phi) is 4.23. The Balaban J connectivity index is 1.94. The van der Waals surface area contributed by atoms with Crippen molar-refractivity contribution in [3.8, 4) is 0 Å². The van der Waals surface area contributed by atoms with E-state index in [4.69, 9.17) is 0 Å². The molecule has 1 saturated carbocycles. The molecule has 1 aromatic rings. The van der Waals surface area contributed by atoms with Gasteiger partial charge < -0.3 is 5.11 Å². The van der Waals surface area contributed by atoms with E-state index in [0.717, 1.165) is 17.8 Å². The molecule has 3 nitrogen and oxygen atoms in total. The molecule has 1 aromatic heterocycles. The van der Waals surface area contributed by atoms with Crippen molar-refractivity contribution in [1.82, 2.24) is 9.78 Å².